The third-order valence-corrected chi connectivity index (χ3v) is 9.50. The van der Waals surface area contributed by atoms with Crippen LogP contribution in [0.5, 0.6) is 0 Å². The molecule has 2 saturated carbocycles. The fourth-order valence-corrected chi connectivity index (χ4v) is 8.27. The van der Waals surface area contributed by atoms with Gasteiger partial charge in [-0.2, -0.15) is 11.6 Å². The fourth-order valence-electron chi connectivity index (χ4n) is 5.35. The second kappa shape index (κ2) is 8.40. The second-order valence-corrected chi connectivity index (χ2v) is 12.8. The molecule has 0 saturated heterocycles. The highest BCUT2D eigenvalue weighted by Gasteiger charge is 2.60. The Hall–Kier alpha value is 0.735. The molecule has 25 heavy (non-hydrogen) atoms. The molecule has 2 N–H and O–H groups in total. The molecule has 6 heteroatoms. The zero-order valence-corrected chi connectivity index (χ0v) is 19.5. The number of halogens is 1. The molecule has 3 unspecified atom stereocenters. The van der Waals surface area contributed by atoms with E-state index in [2.05, 4.69) is 50.1 Å². The van der Waals surface area contributed by atoms with Crippen LogP contribution in [0.4, 0.5) is 0 Å². The molecule has 0 aliphatic heterocycles. The number of ketones is 1. The van der Waals surface area contributed by atoms with Gasteiger partial charge in [0, 0.05) is 18.3 Å². The smallest absolute Gasteiger partial charge is 0.420 e. The minimum absolute atomic E-state index is 0.00930. The molecule has 0 aromatic heterocycles. The third kappa shape index (κ3) is 4.60. The van der Waals surface area contributed by atoms with Gasteiger partial charge in [0.15, 0.2) is 5.78 Å². The molecular formula is C19H35BINO2S. The maximum atomic E-state index is 12.5. The molecule has 0 spiro atoms. The van der Waals surface area contributed by atoms with Crippen LogP contribution in [0.25, 0.3) is 0 Å². The molecule has 2 aliphatic rings. The third-order valence-electron chi connectivity index (χ3n) is 7.01. The first-order chi connectivity index (χ1) is 11.6. The molecule has 0 bridgehead atoms. The van der Waals surface area contributed by atoms with Crippen molar-refractivity contribution in [1.29, 1.82) is 0 Å². The summed E-state index contributed by atoms with van der Waals surface area (Å²) in [6.07, 6.45) is 8.50. The molecule has 0 amide bonds. The number of fused-ring (bicyclic) bond motifs is 1. The number of carbonyl (C=O) groups excluding carboxylic acids is 1. The minimum Gasteiger partial charge on any atom is -0.420 e. The van der Waals surface area contributed by atoms with Crippen LogP contribution in [-0.2, 0) is 9.45 Å². The summed E-state index contributed by atoms with van der Waals surface area (Å²) >= 11 is 4.25. The van der Waals surface area contributed by atoms with Crippen LogP contribution in [0.1, 0.15) is 79.1 Å². The van der Waals surface area contributed by atoms with Crippen molar-refractivity contribution >= 4 is 43.8 Å². The number of hydrogen-bond donors (Lipinski definition) is 1. The van der Waals surface area contributed by atoms with Crippen LogP contribution in [0.2, 0.25) is 0 Å². The van der Waals surface area contributed by atoms with Crippen molar-refractivity contribution in [2.45, 2.75) is 89.3 Å². The van der Waals surface area contributed by atoms with E-state index in [9.17, 15) is 4.79 Å². The zero-order chi connectivity index (χ0) is 18.9. The lowest BCUT2D eigenvalue weighted by atomic mass is 9.58. The van der Waals surface area contributed by atoms with Crippen LogP contribution in [0.15, 0.2) is 0 Å². The van der Waals surface area contributed by atoms with Crippen molar-refractivity contribution in [3.05, 3.63) is 0 Å². The molecule has 3 nitrogen and oxygen atoms in total. The summed E-state index contributed by atoms with van der Waals surface area (Å²) in [6, 6.07) is 0. The lowest BCUT2D eigenvalue weighted by Gasteiger charge is -2.48. The molecule has 4 atom stereocenters. The quantitative estimate of drug-likeness (QED) is 0.383. The van der Waals surface area contributed by atoms with Crippen LogP contribution in [0, 0.1) is 17.3 Å². The van der Waals surface area contributed by atoms with E-state index in [1.807, 2.05) is 11.6 Å². The summed E-state index contributed by atoms with van der Waals surface area (Å²) in [4.78, 5) is 12.5. The van der Waals surface area contributed by atoms with E-state index in [4.69, 9.17) is 10.4 Å². The van der Waals surface area contributed by atoms with E-state index in [0.717, 1.165) is 25.7 Å². The first-order valence-electron chi connectivity index (χ1n) is 9.72. The molecule has 0 aromatic rings. The standard InChI is InChI=1S/C19H35BINO2S/c1-14(8-6-11-17(2,3)25-20(21)24-5)15-10-13-19(22)16(23)9-7-12-18(15,19)4/h14-15H,6-13,22H2,1-5H3/t14-,15?,18?,19?/m1/s1. The minimum atomic E-state index is -0.549. The maximum absolute atomic E-state index is 12.5. The Balaban J connectivity index is 1.91. The van der Waals surface area contributed by atoms with Crippen molar-refractivity contribution < 1.29 is 9.45 Å². The van der Waals surface area contributed by atoms with Crippen LogP contribution < -0.4 is 5.73 Å². The lowest BCUT2D eigenvalue weighted by molar-refractivity contribution is -0.132. The first kappa shape index (κ1) is 22.0. The van der Waals surface area contributed by atoms with Crippen molar-refractivity contribution in [1.82, 2.24) is 0 Å². The number of hydrogen-bond acceptors (Lipinski definition) is 4. The van der Waals surface area contributed by atoms with Crippen molar-refractivity contribution in [3.63, 3.8) is 0 Å². The van der Waals surface area contributed by atoms with Crippen LogP contribution in [0.3, 0.4) is 0 Å². The molecular weight excluding hydrogens is 444 g/mol. The fraction of sp³-hybridized carbons (Fsp3) is 0.947. The lowest BCUT2D eigenvalue weighted by Crippen LogP contribution is -2.60. The number of Topliss-reactive ketones (excluding diaryl/α,β-unsaturated/α-hetero) is 1. The summed E-state index contributed by atoms with van der Waals surface area (Å²) in [5.74, 6) is 1.55. The Morgan fingerprint density at radius 3 is 2.80 bits per heavy atom. The van der Waals surface area contributed by atoms with Gasteiger partial charge < -0.3 is 10.4 Å². The average Bonchev–Trinajstić information content (AvgIpc) is 2.80. The van der Waals surface area contributed by atoms with E-state index in [1.54, 1.807) is 7.11 Å². The van der Waals surface area contributed by atoms with Crippen molar-refractivity contribution in [3.8, 4) is 0 Å². The number of nitrogens with two attached hydrogens (primary N) is 1. The Morgan fingerprint density at radius 2 is 2.16 bits per heavy atom. The Morgan fingerprint density at radius 1 is 1.48 bits per heavy atom. The Bertz CT molecular complexity index is 492. The van der Waals surface area contributed by atoms with Gasteiger partial charge in [0.05, 0.1) is 5.54 Å². The molecule has 0 radical (unpaired) electrons. The van der Waals surface area contributed by atoms with E-state index in [0.29, 0.717) is 24.0 Å². The van der Waals surface area contributed by atoms with Gasteiger partial charge in [-0.15, -0.1) is 0 Å². The van der Waals surface area contributed by atoms with Crippen molar-refractivity contribution in [2.24, 2.45) is 23.0 Å². The molecule has 2 aliphatic carbocycles. The van der Waals surface area contributed by atoms with Gasteiger partial charge >= 0.3 is 4.05 Å². The summed E-state index contributed by atoms with van der Waals surface area (Å²) in [7, 11) is 1.77. The average molecular weight is 479 g/mol. The van der Waals surface area contributed by atoms with Gasteiger partial charge in [0.25, 0.3) is 0 Å². The zero-order valence-electron chi connectivity index (χ0n) is 16.6. The van der Waals surface area contributed by atoms with E-state index < -0.39 is 5.54 Å². The van der Waals surface area contributed by atoms with Gasteiger partial charge in [-0.25, -0.2) is 0 Å². The van der Waals surface area contributed by atoms with E-state index >= 15 is 0 Å². The normalized spacial score (nSPS) is 34.0. The Kier molecular flexibility index (Phi) is 7.40. The molecule has 2 fully saturated rings. The highest BCUT2D eigenvalue weighted by atomic mass is 127. The predicted octanol–water partition coefficient (Wildman–Crippen LogP) is 5.24. The van der Waals surface area contributed by atoms with Crippen molar-refractivity contribution in [2.75, 3.05) is 7.11 Å². The first-order valence-corrected chi connectivity index (χ1v) is 11.9. The van der Waals surface area contributed by atoms with Gasteiger partial charge in [0.1, 0.15) is 0 Å². The predicted molar refractivity (Wildman–Crippen MR) is 118 cm³/mol. The molecule has 144 valence electrons. The highest BCUT2D eigenvalue weighted by Crippen LogP contribution is 2.58. The highest BCUT2D eigenvalue weighted by molar-refractivity contribution is 14.1. The monoisotopic (exact) mass is 479 g/mol. The van der Waals surface area contributed by atoms with Crippen LogP contribution >= 0.6 is 34.0 Å². The second-order valence-electron chi connectivity index (χ2n) is 9.07. The molecule has 2 rings (SSSR count). The van der Waals surface area contributed by atoms with Gasteiger partial charge in [0.2, 0.25) is 0 Å². The van der Waals surface area contributed by atoms with Crippen LogP contribution in [-0.4, -0.2) is 27.2 Å². The maximum Gasteiger partial charge on any atom is 0.435 e. The van der Waals surface area contributed by atoms with Gasteiger partial charge in [-0.3, -0.25) is 4.79 Å². The van der Waals surface area contributed by atoms with Gasteiger partial charge in [-0.05, 0) is 49.4 Å². The topological polar surface area (TPSA) is 52.3 Å². The summed E-state index contributed by atoms with van der Waals surface area (Å²) < 4.78 is 5.84. The summed E-state index contributed by atoms with van der Waals surface area (Å²) in [6.45, 7) is 9.32. The van der Waals surface area contributed by atoms with E-state index in [-0.39, 0.29) is 14.2 Å². The number of carbonyl (C=O) groups is 1. The molecule has 0 heterocycles. The SMILES string of the molecule is COB(I)SC(C)(C)CCC[C@@H](C)C1CCC2(N)C(=O)CCCC12C. The summed E-state index contributed by atoms with van der Waals surface area (Å²) in [5, 5.41) is 0. The number of rotatable bonds is 8. The largest absolute Gasteiger partial charge is 0.435 e. The Labute approximate surface area is 172 Å². The van der Waals surface area contributed by atoms with Gasteiger partial charge in [-0.1, -0.05) is 62.9 Å². The molecule has 0 aromatic carbocycles. The van der Waals surface area contributed by atoms with E-state index in [1.165, 1.54) is 19.3 Å². The summed E-state index contributed by atoms with van der Waals surface area (Å²) in [5.41, 5.74) is 6.13.